The monoisotopic (exact) mass is 256 g/mol. The van der Waals surface area contributed by atoms with Crippen molar-refractivity contribution in [2.45, 2.75) is 19.9 Å². The maximum atomic E-state index is 10.9. The predicted molar refractivity (Wildman–Crippen MR) is 76.2 cm³/mol. The Hall–Kier alpha value is -2.36. The number of anilines is 1. The number of hydrogen-bond acceptors (Lipinski definition) is 3. The molecule has 98 valence electrons. The highest BCUT2D eigenvalue weighted by Crippen LogP contribution is 2.21. The first-order valence-electron chi connectivity index (χ1n) is 6.26. The summed E-state index contributed by atoms with van der Waals surface area (Å²) in [6.45, 7) is 2.54. The van der Waals surface area contributed by atoms with Gasteiger partial charge in [0.1, 0.15) is 0 Å². The molecule has 4 heteroatoms. The van der Waals surface area contributed by atoms with Gasteiger partial charge in [0.2, 0.25) is 0 Å². The second-order valence-electron chi connectivity index (χ2n) is 4.25. The van der Waals surface area contributed by atoms with E-state index in [4.69, 9.17) is 0 Å². The molecule has 0 aromatic heterocycles. The van der Waals surface area contributed by atoms with Gasteiger partial charge in [0.15, 0.2) is 0 Å². The minimum atomic E-state index is -0.345. The Morgan fingerprint density at radius 3 is 2.37 bits per heavy atom. The summed E-state index contributed by atoms with van der Waals surface area (Å²) < 4.78 is 0. The molecule has 1 N–H and O–H groups in total. The fraction of sp³-hybridized carbons (Fsp3) is 0.200. The summed E-state index contributed by atoms with van der Waals surface area (Å²) in [6.07, 6.45) is 0.931. The van der Waals surface area contributed by atoms with Crippen LogP contribution in [-0.2, 0) is 13.0 Å². The number of hydrogen-bond donors (Lipinski definition) is 1. The molecule has 0 radical (unpaired) electrons. The number of rotatable bonds is 5. The van der Waals surface area contributed by atoms with Crippen LogP contribution in [0.5, 0.6) is 0 Å². The van der Waals surface area contributed by atoms with Crippen LogP contribution in [0.25, 0.3) is 0 Å². The molecule has 0 saturated heterocycles. The first-order chi connectivity index (χ1) is 9.22. The van der Waals surface area contributed by atoms with Crippen LogP contribution in [0, 0.1) is 10.1 Å². The number of nitro groups is 1. The van der Waals surface area contributed by atoms with Crippen LogP contribution in [0.15, 0.2) is 48.5 Å². The third kappa shape index (κ3) is 3.10. The van der Waals surface area contributed by atoms with Crippen molar-refractivity contribution in [2.24, 2.45) is 0 Å². The molecule has 2 aromatic carbocycles. The maximum absolute atomic E-state index is 10.9. The lowest BCUT2D eigenvalue weighted by Crippen LogP contribution is -2.04. The zero-order valence-electron chi connectivity index (χ0n) is 10.8. The molecule has 0 heterocycles. The zero-order chi connectivity index (χ0) is 13.7. The van der Waals surface area contributed by atoms with Crippen LogP contribution >= 0.6 is 0 Å². The van der Waals surface area contributed by atoms with Crippen LogP contribution < -0.4 is 5.32 Å². The van der Waals surface area contributed by atoms with E-state index in [1.54, 1.807) is 12.1 Å². The highest BCUT2D eigenvalue weighted by Gasteiger charge is 2.11. The van der Waals surface area contributed by atoms with E-state index in [-0.39, 0.29) is 10.6 Å². The van der Waals surface area contributed by atoms with Crippen LogP contribution in [0.4, 0.5) is 11.4 Å². The second-order valence-corrected chi connectivity index (χ2v) is 4.25. The highest BCUT2D eigenvalue weighted by atomic mass is 16.6. The number of aryl methyl sites for hydroxylation is 1. The Bertz CT molecular complexity index is 582. The summed E-state index contributed by atoms with van der Waals surface area (Å²) in [7, 11) is 0. The first-order valence-corrected chi connectivity index (χ1v) is 6.26. The van der Waals surface area contributed by atoms with Gasteiger partial charge >= 0.3 is 0 Å². The van der Waals surface area contributed by atoms with E-state index in [9.17, 15) is 10.1 Å². The minimum absolute atomic E-state index is 0.156. The van der Waals surface area contributed by atoms with Gasteiger partial charge in [-0.15, -0.1) is 0 Å². The minimum Gasteiger partial charge on any atom is -0.380 e. The topological polar surface area (TPSA) is 55.2 Å². The Morgan fingerprint density at radius 2 is 1.68 bits per heavy atom. The number of nitrogens with one attached hydrogen (secondary N) is 1. The summed E-state index contributed by atoms with van der Waals surface area (Å²) in [5.41, 5.74) is 3.09. The van der Waals surface area contributed by atoms with Crippen molar-refractivity contribution in [3.05, 3.63) is 69.8 Å². The van der Waals surface area contributed by atoms with Crippen molar-refractivity contribution in [1.82, 2.24) is 0 Å². The molecule has 19 heavy (non-hydrogen) atoms. The van der Waals surface area contributed by atoms with E-state index in [1.165, 1.54) is 11.6 Å². The smallest absolute Gasteiger partial charge is 0.274 e. The Morgan fingerprint density at radius 1 is 1.05 bits per heavy atom. The molecular formula is C15H16N2O2. The third-order valence-electron chi connectivity index (χ3n) is 3.06. The molecule has 0 unspecified atom stereocenters. The van der Waals surface area contributed by atoms with Crippen molar-refractivity contribution in [3.8, 4) is 0 Å². The van der Waals surface area contributed by atoms with E-state index in [0.717, 1.165) is 12.1 Å². The number of para-hydroxylation sites is 2. The molecule has 2 aromatic rings. The van der Waals surface area contributed by atoms with Gasteiger partial charge in [0.25, 0.3) is 5.69 Å². The molecule has 0 amide bonds. The Kier molecular flexibility index (Phi) is 4.13. The largest absolute Gasteiger partial charge is 0.380 e. The second kappa shape index (κ2) is 6.00. The number of benzene rings is 2. The van der Waals surface area contributed by atoms with Crippen molar-refractivity contribution < 1.29 is 4.92 Å². The quantitative estimate of drug-likeness (QED) is 0.654. The first kappa shape index (κ1) is 13.1. The molecule has 4 nitrogen and oxygen atoms in total. The van der Waals surface area contributed by atoms with Gasteiger partial charge < -0.3 is 5.32 Å². The molecule has 0 aliphatic rings. The Balaban J connectivity index is 2.17. The lowest BCUT2D eigenvalue weighted by molar-refractivity contribution is -0.385. The van der Waals surface area contributed by atoms with Gasteiger partial charge in [-0.2, -0.15) is 0 Å². The van der Waals surface area contributed by atoms with Crippen molar-refractivity contribution >= 4 is 11.4 Å². The van der Waals surface area contributed by atoms with Crippen LogP contribution in [0.3, 0.4) is 0 Å². The van der Waals surface area contributed by atoms with Gasteiger partial charge in [0.05, 0.1) is 4.92 Å². The van der Waals surface area contributed by atoms with Crippen molar-refractivity contribution in [1.29, 1.82) is 0 Å². The number of nitrogens with zero attached hydrogens (tertiary/aromatic N) is 1. The third-order valence-corrected chi connectivity index (χ3v) is 3.06. The van der Waals surface area contributed by atoms with E-state index in [0.29, 0.717) is 12.1 Å². The zero-order valence-corrected chi connectivity index (χ0v) is 10.8. The average Bonchev–Trinajstić information content (AvgIpc) is 2.45. The summed E-state index contributed by atoms with van der Waals surface area (Å²) in [4.78, 5) is 10.6. The van der Waals surface area contributed by atoms with Gasteiger partial charge in [-0.3, -0.25) is 10.1 Å². The van der Waals surface area contributed by atoms with Gasteiger partial charge in [-0.25, -0.2) is 0 Å². The van der Waals surface area contributed by atoms with E-state index in [2.05, 4.69) is 18.3 Å². The highest BCUT2D eigenvalue weighted by molar-refractivity contribution is 5.52. The molecule has 0 saturated carbocycles. The average molecular weight is 256 g/mol. The summed E-state index contributed by atoms with van der Waals surface area (Å²) in [5, 5.41) is 14.2. The molecule has 2 rings (SSSR count). The Labute approximate surface area is 112 Å². The molecule has 0 fully saturated rings. The fourth-order valence-corrected chi connectivity index (χ4v) is 2.03. The molecular weight excluding hydrogens is 240 g/mol. The summed E-state index contributed by atoms with van der Waals surface area (Å²) in [6, 6.07) is 14.8. The molecule has 0 aliphatic carbocycles. The van der Waals surface area contributed by atoms with Crippen molar-refractivity contribution in [3.63, 3.8) is 0 Å². The molecule has 0 bridgehead atoms. The number of nitro benzene ring substituents is 1. The van der Waals surface area contributed by atoms with Crippen LogP contribution in [0.2, 0.25) is 0 Å². The summed E-state index contributed by atoms with van der Waals surface area (Å²) >= 11 is 0. The standard InChI is InChI=1S/C15H16N2O2/c1-2-12-7-3-5-9-14(12)16-11-13-8-4-6-10-15(13)17(18)19/h3-10,16H,2,11H2,1H3. The van der Waals surface area contributed by atoms with Gasteiger partial charge in [-0.05, 0) is 18.1 Å². The van der Waals surface area contributed by atoms with Gasteiger partial charge in [0, 0.05) is 23.9 Å². The van der Waals surface area contributed by atoms with Crippen molar-refractivity contribution in [2.75, 3.05) is 5.32 Å². The van der Waals surface area contributed by atoms with Crippen LogP contribution in [-0.4, -0.2) is 4.92 Å². The van der Waals surface area contributed by atoms with Crippen LogP contribution in [0.1, 0.15) is 18.1 Å². The van der Waals surface area contributed by atoms with E-state index < -0.39 is 0 Å². The summed E-state index contributed by atoms with van der Waals surface area (Å²) in [5.74, 6) is 0. The maximum Gasteiger partial charge on any atom is 0.274 e. The van der Waals surface area contributed by atoms with Gasteiger partial charge in [-0.1, -0.05) is 43.3 Å². The molecule has 0 spiro atoms. The molecule has 0 aliphatic heterocycles. The SMILES string of the molecule is CCc1ccccc1NCc1ccccc1[N+](=O)[O-]. The normalized spacial score (nSPS) is 10.2. The predicted octanol–water partition coefficient (Wildman–Crippen LogP) is 3.77. The van der Waals surface area contributed by atoms with E-state index >= 15 is 0 Å². The lowest BCUT2D eigenvalue weighted by atomic mass is 10.1. The fourth-order valence-electron chi connectivity index (χ4n) is 2.03. The lowest BCUT2D eigenvalue weighted by Gasteiger charge is -2.10. The molecule has 0 atom stereocenters. The van der Waals surface area contributed by atoms with E-state index in [1.807, 2.05) is 24.3 Å².